The molecule has 0 fully saturated rings. The first kappa shape index (κ1) is 16.6. The van der Waals surface area contributed by atoms with Gasteiger partial charge in [0.05, 0.1) is 0 Å². The van der Waals surface area contributed by atoms with Gasteiger partial charge in [0.1, 0.15) is 5.69 Å². The summed E-state index contributed by atoms with van der Waals surface area (Å²) in [5.74, 6) is 0.217. The first-order valence-corrected chi connectivity index (χ1v) is 8.28. The van der Waals surface area contributed by atoms with Gasteiger partial charge in [-0.25, -0.2) is 9.97 Å². The van der Waals surface area contributed by atoms with Gasteiger partial charge in [-0.3, -0.25) is 4.79 Å². The summed E-state index contributed by atoms with van der Waals surface area (Å²) in [6.45, 7) is 0.749. The molecule has 0 saturated heterocycles. The Balaban J connectivity index is 1.51. The lowest BCUT2D eigenvalue weighted by molar-refractivity contribution is 0.102. The third-order valence-corrected chi connectivity index (χ3v) is 3.69. The van der Waals surface area contributed by atoms with Crippen LogP contribution < -0.4 is 10.6 Å². The third kappa shape index (κ3) is 5.14. The number of carbonyl (C=O) groups is 1. The Morgan fingerprint density at radius 3 is 2.40 bits per heavy atom. The van der Waals surface area contributed by atoms with Crippen LogP contribution in [-0.4, -0.2) is 22.4 Å². The molecular formula is C20H20N4O. The van der Waals surface area contributed by atoms with Crippen molar-refractivity contribution in [2.45, 2.75) is 12.8 Å². The summed E-state index contributed by atoms with van der Waals surface area (Å²) >= 11 is 0. The SMILES string of the molecule is O=C(Nc1ccccc1)c1ccnc(NCCCc2ccccc2)n1. The summed E-state index contributed by atoms with van der Waals surface area (Å²) in [7, 11) is 0. The van der Waals surface area contributed by atoms with E-state index < -0.39 is 0 Å². The molecule has 3 rings (SSSR count). The van der Waals surface area contributed by atoms with Crippen LogP contribution in [0.3, 0.4) is 0 Å². The molecule has 0 aliphatic heterocycles. The fourth-order valence-corrected chi connectivity index (χ4v) is 2.42. The highest BCUT2D eigenvalue weighted by atomic mass is 16.1. The molecule has 0 aliphatic carbocycles. The molecule has 0 aliphatic rings. The molecule has 25 heavy (non-hydrogen) atoms. The Labute approximate surface area is 147 Å². The summed E-state index contributed by atoms with van der Waals surface area (Å²) in [6.07, 6.45) is 3.54. The molecule has 126 valence electrons. The van der Waals surface area contributed by atoms with Crippen LogP contribution in [0.25, 0.3) is 0 Å². The molecule has 3 aromatic rings. The zero-order valence-corrected chi connectivity index (χ0v) is 13.9. The number of para-hydroxylation sites is 1. The molecule has 0 saturated carbocycles. The zero-order chi connectivity index (χ0) is 17.3. The lowest BCUT2D eigenvalue weighted by atomic mass is 10.1. The minimum absolute atomic E-state index is 0.249. The second kappa shape index (κ2) is 8.59. The van der Waals surface area contributed by atoms with E-state index in [9.17, 15) is 4.79 Å². The van der Waals surface area contributed by atoms with Gasteiger partial charge in [0.25, 0.3) is 5.91 Å². The van der Waals surface area contributed by atoms with Gasteiger partial charge in [0, 0.05) is 18.4 Å². The molecule has 2 aromatic carbocycles. The van der Waals surface area contributed by atoms with Crippen molar-refractivity contribution in [3.63, 3.8) is 0 Å². The van der Waals surface area contributed by atoms with Crippen LogP contribution in [-0.2, 0) is 6.42 Å². The van der Waals surface area contributed by atoms with E-state index in [0.717, 1.165) is 25.1 Å². The molecule has 0 spiro atoms. The highest BCUT2D eigenvalue weighted by molar-refractivity contribution is 6.02. The number of rotatable bonds is 7. The smallest absolute Gasteiger partial charge is 0.274 e. The van der Waals surface area contributed by atoms with Gasteiger partial charge in [-0.2, -0.15) is 0 Å². The number of hydrogen-bond acceptors (Lipinski definition) is 4. The van der Waals surface area contributed by atoms with E-state index in [-0.39, 0.29) is 5.91 Å². The summed E-state index contributed by atoms with van der Waals surface area (Å²) < 4.78 is 0. The summed E-state index contributed by atoms with van der Waals surface area (Å²) in [5, 5.41) is 5.99. The van der Waals surface area contributed by atoms with Crippen LogP contribution in [0.4, 0.5) is 11.6 Å². The van der Waals surface area contributed by atoms with E-state index in [1.807, 2.05) is 48.5 Å². The number of amides is 1. The van der Waals surface area contributed by atoms with Crippen molar-refractivity contribution in [1.29, 1.82) is 0 Å². The monoisotopic (exact) mass is 332 g/mol. The topological polar surface area (TPSA) is 66.9 Å². The number of anilines is 2. The maximum absolute atomic E-state index is 12.3. The van der Waals surface area contributed by atoms with Crippen molar-refractivity contribution in [2.24, 2.45) is 0 Å². The number of hydrogen-bond donors (Lipinski definition) is 2. The molecule has 1 amide bonds. The van der Waals surface area contributed by atoms with Gasteiger partial charge < -0.3 is 10.6 Å². The third-order valence-electron chi connectivity index (χ3n) is 3.69. The fraction of sp³-hybridized carbons (Fsp3) is 0.150. The normalized spacial score (nSPS) is 10.2. The Hall–Kier alpha value is -3.21. The molecule has 0 radical (unpaired) electrons. The standard InChI is InChI=1S/C20H20N4O/c25-19(23-17-11-5-2-6-12-17)18-13-15-22-20(24-18)21-14-7-10-16-8-3-1-4-9-16/h1-6,8-9,11-13,15H,7,10,14H2,(H,23,25)(H,21,22,24). The molecule has 5 heteroatoms. The number of carbonyl (C=O) groups excluding carboxylic acids is 1. The first-order chi connectivity index (χ1) is 12.3. The van der Waals surface area contributed by atoms with Gasteiger partial charge in [-0.05, 0) is 36.6 Å². The van der Waals surface area contributed by atoms with Crippen LogP contribution in [0, 0.1) is 0 Å². The predicted octanol–water partition coefficient (Wildman–Crippen LogP) is 3.77. The average Bonchev–Trinajstić information content (AvgIpc) is 2.67. The predicted molar refractivity (Wildman–Crippen MR) is 99.7 cm³/mol. The zero-order valence-electron chi connectivity index (χ0n) is 13.9. The highest BCUT2D eigenvalue weighted by Crippen LogP contribution is 2.09. The second-order valence-electron chi connectivity index (χ2n) is 5.60. The quantitative estimate of drug-likeness (QED) is 0.646. The molecule has 0 unspecified atom stereocenters. The van der Waals surface area contributed by atoms with Gasteiger partial charge in [-0.15, -0.1) is 0 Å². The van der Waals surface area contributed by atoms with Crippen LogP contribution in [0.5, 0.6) is 0 Å². The average molecular weight is 332 g/mol. The number of benzene rings is 2. The molecule has 1 heterocycles. The highest BCUT2D eigenvalue weighted by Gasteiger charge is 2.09. The van der Waals surface area contributed by atoms with Gasteiger partial charge >= 0.3 is 0 Å². The lowest BCUT2D eigenvalue weighted by Crippen LogP contribution is -2.15. The second-order valence-corrected chi connectivity index (χ2v) is 5.60. The molecular weight excluding hydrogens is 312 g/mol. The van der Waals surface area contributed by atoms with Crippen LogP contribution >= 0.6 is 0 Å². The largest absolute Gasteiger partial charge is 0.354 e. The van der Waals surface area contributed by atoms with Crippen LogP contribution in [0.1, 0.15) is 22.5 Å². The number of aryl methyl sites for hydroxylation is 1. The van der Waals surface area contributed by atoms with Crippen molar-refractivity contribution in [1.82, 2.24) is 9.97 Å². The summed E-state index contributed by atoms with van der Waals surface area (Å²) in [6, 6.07) is 21.2. The van der Waals surface area contributed by atoms with E-state index in [1.54, 1.807) is 12.3 Å². The van der Waals surface area contributed by atoms with Crippen LogP contribution in [0.2, 0.25) is 0 Å². The molecule has 1 aromatic heterocycles. The Morgan fingerprint density at radius 2 is 1.64 bits per heavy atom. The van der Waals surface area contributed by atoms with Gasteiger partial charge in [-0.1, -0.05) is 48.5 Å². The van der Waals surface area contributed by atoms with E-state index in [2.05, 4.69) is 32.7 Å². The maximum atomic E-state index is 12.3. The van der Waals surface area contributed by atoms with E-state index in [4.69, 9.17) is 0 Å². The number of nitrogens with one attached hydrogen (secondary N) is 2. The fourth-order valence-electron chi connectivity index (χ4n) is 2.42. The van der Waals surface area contributed by atoms with Crippen molar-refractivity contribution in [2.75, 3.05) is 17.2 Å². The van der Waals surface area contributed by atoms with Crippen molar-refractivity contribution in [3.05, 3.63) is 84.2 Å². The summed E-state index contributed by atoms with van der Waals surface area (Å²) in [4.78, 5) is 20.7. The number of aromatic nitrogens is 2. The van der Waals surface area contributed by atoms with E-state index in [0.29, 0.717) is 11.6 Å². The van der Waals surface area contributed by atoms with E-state index >= 15 is 0 Å². The first-order valence-electron chi connectivity index (χ1n) is 8.28. The van der Waals surface area contributed by atoms with Crippen molar-refractivity contribution < 1.29 is 4.79 Å². The Morgan fingerprint density at radius 1 is 0.920 bits per heavy atom. The maximum Gasteiger partial charge on any atom is 0.274 e. The molecule has 2 N–H and O–H groups in total. The van der Waals surface area contributed by atoms with Crippen LogP contribution in [0.15, 0.2) is 72.9 Å². The van der Waals surface area contributed by atoms with E-state index in [1.165, 1.54) is 5.56 Å². The minimum atomic E-state index is -0.249. The molecule has 5 nitrogen and oxygen atoms in total. The number of nitrogens with zero attached hydrogens (tertiary/aromatic N) is 2. The van der Waals surface area contributed by atoms with Crippen molar-refractivity contribution in [3.8, 4) is 0 Å². The minimum Gasteiger partial charge on any atom is -0.354 e. The summed E-state index contributed by atoms with van der Waals surface area (Å²) in [5.41, 5.74) is 2.38. The molecule has 0 atom stereocenters. The Kier molecular flexibility index (Phi) is 5.72. The van der Waals surface area contributed by atoms with Gasteiger partial charge in [0.2, 0.25) is 5.95 Å². The Bertz CT molecular complexity index is 806. The molecule has 0 bridgehead atoms. The van der Waals surface area contributed by atoms with Crippen molar-refractivity contribution >= 4 is 17.5 Å². The van der Waals surface area contributed by atoms with Gasteiger partial charge in [0.15, 0.2) is 0 Å². The lowest BCUT2D eigenvalue weighted by Gasteiger charge is -2.07.